The zero-order valence-electron chi connectivity index (χ0n) is 10.6. The predicted octanol–water partition coefficient (Wildman–Crippen LogP) is 1.22. The van der Waals surface area contributed by atoms with Crippen LogP contribution in [-0.2, 0) is 4.74 Å². The lowest BCUT2D eigenvalue weighted by molar-refractivity contribution is -0.385. The van der Waals surface area contributed by atoms with E-state index in [2.05, 4.69) is 5.32 Å². The number of nitrogens with two attached hydrogens (primary N) is 1. The third-order valence-electron chi connectivity index (χ3n) is 3.11. The third-order valence-corrected chi connectivity index (χ3v) is 3.11. The number of anilines is 1. The quantitative estimate of drug-likeness (QED) is 0.492. The van der Waals surface area contributed by atoms with E-state index in [1.165, 1.54) is 0 Å². The number of nitro groups is 1. The summed E-state index contributed by atoms with van der Waals surface area (Å²) in [7, 11) is 0. The van der Waals surface area contributed by atoms with Gasteiger partial charge in [0.05, 0.1) is 16.7 Å². The van der Waals surface area contributed by atoms with E-state index in [4.69, 9.17) is 10.5 Å². The van der Waals surface area contributed by atoms with Gasteiger partial charge in [-0.3, -0.25) is 14.9 Å². The fourth-order valence-electron chi connectivity index (χ4n) is 2.02. The molecule has 1 aromatic carbocycles. The van der Waals surface area contributed by atoms with Crippen LogP contribution in [0.5, 0.6) is 0 Å². The topological polar surface area (TPSA) is 107 Å². The minimum Gasteiger partial charge on any atom is -0.396 e. The summed E-state index contributed by atoms with van der Waals surface area (Å²) in [5.74, 6) is -1.55. The Morgan fingerprint density at radius 1 is 1.45 bits per heavy atom. The molecule has 0 unspecified atom stereocenters. The lowest BCUT2D eigenvalue weighted by atomic mass is 10.1. The van der Waals surface area contributed by atoms with Crippen LogP contribution in [0.1, 0.15) is 23.2 Å². The van der Waals surface area contributed by atoms with Gasteiger partial charge in [-0.1, -0.05) is 0 Å². The summed E-state index contributed by atoms with van der Waals surface area (Å²) in [5.41, 5.74) is 4.23. The number of hydrogen-bond acceptors (Lipinski definition) is 5. The van der Waals surface area contributed by atoms with Crippen molar-refractivity contribution in [3.05, 3.63) is 33.6 Å². The molecule has 1 amide bonds. The maximum Gasteiger partial charge on any atom is 0.285 e. The molecule has 108 valence electrons. The normalized spacial score (nSPS) is 15.8. The Bertz CT molecular complexity index is 544. The Hall–Kier alpha value is -2.22. The van der Waals surface area contributed by atoms with Crippen molar-refractivity contribution in [2.75, 3.05) is 18.9 Å². The average molecular weight is 283 g/mol. The second-order valence-corrected chi connectivity index (χ2v) is 4.51. The van der Waals surface area contributed by atoms with E-state index in [0.29, 0.717) is 32.1 Å². The van der Waals surface area contributed by atoms with Gasteiger partial charge in [0, 0.05) is 19.3 Å². The number of carbonyl (C=O) groups excluding carboxylic acids is 1. The van der Waals surface area contributed by atoms with Crippen LogP contribution in [0.25, 0.3) is 0 Å². The first-order valence-electron chi connectivity index (χ1n) is 6.11. The van der Waals surface area contributed by atoms with Crippen LogP contribution in [0, 0.1) is 15.9 Å². The lowest BCUT2D eigenvalue weighted by Gasteiger charge is -2.23. The number of carbonyl (C=O) groups is 1. The fraction of sp³-hybridized carbons (Fsp3) is 0.417. The van der Waals surface area contributed by atoms with Gasteiger partial charge in [-0.2, -0.15) is 0 Å². The van der Waals surface area contributed by atoms with Crippen LogP contribution in [-0.4, -0.2) is 30.1 Å². The van der Waals surface area contributed by atoms with Crippen molar-refractivity contribution < 1.29 is 18.8 Å². The molecule has 3 N–H and O–H groups in total. The van der Waals surface area contributed by atoms with E-state index in [0.717, 1.165) is 6.07 Å². The highest BCUT2D eigenvalue weighted by Crippen LogP contribution is 2.24. The molecule has 0 radical (unpaired) electrons. The summed E-state index contributed by atoms with van der Waals surface area (Å²) >= 11 is 0. The van der Waals surface area contributed by atoms with Gasteiger partial charge >= 0.3 is 0 Å². The minimum absolute atomic E-state index is 0.109. The van der Waals surface area contributed by atoms with E-state index in [9.17, 15) is 19.3 Å². The molecule has 0 aliphatic carbocycles. The maximum absolute atomic E-state index is 13.3. The van der Waals surface area contributed by atoms with Crippen molar-refractivity contribution in [3.8, 4) is 0 Å². The Kier molecular flexibility index (Phi) is 4.14. The molecule has 20 heavy (non-hydrogen) atoms. The van der Waals surface area contributed by atoms with Crippen molar-refractivity contribution >= 4 is 17.3 Å². The van der Waals surface area contributed by atoms with Crippen LogP contribution in [0.2, 0.25) is 0 Å². The number of benzene rings is 1. The highest BCUT2D eigenvalue weighted by molar-refractivity contribution is 5.99. The molecule has 0 saturated carbocycles. The molecule has 1 fully saturated rings. The number of ether oxygens (including phenoxy) is 1. The molecule has 1 heterocycles. The van der Waals surface area contributed by atoms with E-state index in [-0.39, 0.29) is 17.3 Å². The second-order valence-electron chi connectivity index (χ2n) is 4.51. The Balaban J connectivity index is 2.23. The SMILES string of the molecule is Nc1cc(C(=O)NC2CCOCC2)c([N+](=O)[O-])cc1F. The number of hydrogen-bond donors (Lipinski definition) is 2. The van der Waals surface area contributed by atoms with Gasteiger partial charge in [-0.05, 0) is 18.9 Å². The van der Waals surface area contributed by atoms with Crippen LogP contribution >= 0.6 is 0 Å². The molecule has 1 saturated heterocycles. The lowest BCUT2D eigenvalue weighted by Crippen LogP contribution is -2.39. The number of rotatable bonds is 3. The molecule has 2 rings (SSSR count). The van der Waals surface area contributed by atoms with Crippen LogP contribution < -0.4 is 11.1 Å². The average Bonchev–Trinajstić information content (AvgIpc) is 2.42. The van der Waals surface area contributed by atoms with Crippen molar-refractivity contribution in [3.63, 3.8) is 0 Å². The highest BCUT2D eigenvalue weighted by Gasteiger charge is 2.25. The van der Waals surface area contributed by atoms with Crippen molar-refractivity contribution in [1.82, 2.24) is 5.32 Å². The minimum atomic E-state index is -0.917. The number of nitrogens with zero attached hydrogens (tertiary/aromatic N) is 1. The van der Waals surface area contributed by atoms with Gasteiger partial charge in [-0.25, -0.2) is 4.39 Å². The maximum atomic E-state index is 13.3. The first-order valence-corrected chi connectivity index (χ1v) is 6.11. The third kappa shape index (κ3) is 3.02. The van der Waals surface area contributed by atoms with E-state index < -0.39 is 22.3 Å². The molecule has 8 heteroatoms. The molecule has 7 nitrogen and oxygen atoms in total. The molecular weight excluding hydrogens is 269 g/mol. The van der Waals surface area contributed by atoms with Gasteiger partial charge in [0.1, 0.15) is 5.56 Å². The summed E-state index contributed by atoms with van der Waals surface area (Å²) in [5, 5.41) is 13.6. The summed E-state index contributed by atoms with van der Waals surface area (Å²) in [4.78, 5) is 22.1. The molecular formula is C12H14FN3O4. The van der Waals surface area contributed by atoms with Gasteiger partial charge in [0.2, 0.25) is 0 Å². The standard InChI is InChI=1S/C12H14FN3O4/c13-9-6-11(16(18)19)8(5-10(9)14)12(17)15-7-1-3-20-4-2-7/h5-7H,1-4,14H2,(H,15,17). The highest BCUT2D eigenvalue weighted by atomic mass is 19.1. The Labute approximate surface area is 114 Å². The number of amides is 1. The number of nitro benzene ring substituents is 1. The van der Waals surface area contributed by atoms with Crippen LogP contribution in [0.4, 0.5) is 15.8 Å². The van der Waals surface area contributed by atoms with Gasteiger partial charge in [-0.15, -0.1) is 0 Å². The Morgan fingerprint density at radius 2 is 2.10 bits per heavy atom. The van der Waals surface area contributed by atoms with Crippen molar-refractivity contribution in [2.45, 2.75) is 18.9 Å². The predicted molar refractivity (Wildman–Crippen MR) is 68.8 cm³/mol. The number of halogens is 1. The van der Waals surface area contributed by atoms with Gasteiger partial charge < -0.3 is 15.8 Å². The zero-order valence-corrected chi connectivity index (χ0v) is 10.6. The smallest absolute Gasteiger partial charge is 0.285 e. The summed E-state index contributed by atoms with van der Waals surface area (Å²) < 4.78 is 18.4. The monoisotopic (exact) mass is 283 g/mol. The van der Waals surface area contributed by atoms with E-state index >= 15 is 0 Å². The second kappa shape index (κ2) is 5.83. The molecule has 0 aromatic heterocycles. The molecule has 0 spiro atoms. The van der Waals surface area contributed by atoms with Gasteiger partial charge in [0.15, 0.2) is 5.82 Å². The summed E-state index contributed by atoms with van der Waals surface area (Å²) in [6.45, 7) is 1.05. The first kappa shape index (κ1) is 14.2. The number of nitrogens with one attached hydrogen (secondary N) is 1. The van der Waals surface area contributed by atoms with Gasteiger partial charge in [0.25, 0.3) is 11.6 Å². The number of nitrogen functional groups attached to an aromatic ring is 1. The van der Waals surface area contributed by atoms with E-state index in [1.807, 2.05) is 0 Å². The molecule has 1 aromatic rings. The van der Waals surface area contributed by atoms with Crippen LogP contribution in [0.15, 0.2) is 12.1 Å². The van der Waals surface area contributed by atoms with Crippen molar-refractivity contribution in [2.24, 2.45) is 0 Å². The van der Waals surface area contributed by atoms with E-state index in [1.54, 1.807) is 0 Å². The zero-order chi connectivity index (χ0) is 14.7. The fourth-order valence-corrected chi connectivity index (χ4v) is 2.02. The van der Waals surface area contributed by atoms with Crippen LogP contribution in [0.3, 0.4) is 0 Å². The first-order chi connectivity index (χ1) is 9.49. The Morgan fingerprint density at radius 3 is 2.70 bits per heavy atom. The van der Waals surface area contributed by atoms with Crippen molar-refractivity contribution in [1.29, 1.82) is 0 Å². The largest absolute Gasteiger partial charge is 0.396 e. The summed E-state index contributed by atoms with van der Waals surface area (Å²) in [6.07, 6.45) is 1.27. The molecule has 0 atom stereocenters. The molecule has 0 bridgehead atoms. The molecule has 1 aliphatic rings. The summed E-state index contributed by atoms with van der Waals surface area (Å²) in [6, 6.07) is 1.54. The molecule has 1 aliphatic heterocycles.